The Bertz CT molecular complexity index is 390. The maximum atomic E-state index is 12.0. The first kappa shape index (κ1) is 13.4. The quantitative estimate of drug-likeness (QED) is 0.752. The van der Waals surface area contributed by atoms with E-state index in [1.807, 2.05) is 49.1 Å². The number of nitrogens with zero attached hydrogens (tertiary/aromatic N) is 2. The number of rotatable bonds is 6. The van der Waals surface area contributed by atoms with Gasteiger partial charge in [0.25, 0.3) is 0 Å². The minimum Gasteiger partial charge on any atom is -0.297 e. The third-order valence-corrected chi connectivity index (χ3v) is 2.86. The van der Waals surface area contributed by atoms with Gasteiger partial charge in [-0.1, -0.05) is 44.2 Å². The van der Waals surface area contributed by atoms with E-state index in [1.165, 1.54) is 0 Å². The maximum absolute atomic E-state index is 12.0. The molecule has 1 atom stereocenters. The first-order valence-corrected chi connectivity index (χ1v) is 5.92. The van der Waals surface area contributed by atoms with Gasteiger partial charge in [0.05, 0.1) is 12.6 Å². The molecular formula is C14H18N2O. The number of carbonyl (C=O) groups excluding carboxylic acids is 1. The van der Waals surface area contributed by atoms with Crippen LogP contribution in [-0.4, -0.2) is 30.3 Å². The Hall–Kier alpha value is -1.66. The van der Waals surface area contributed by atoms with Crippen LogP contribution in [0.4, 0.5) is 0 Å². The summed E-state index contributed by atoms with van der Waals surface area (Å²) in [6.07, 6.45) is 0. The van der Waals surface area contributed by atoms with Gasteiger partial charge >= 0.3 is 0 Å². The monoisotopic (exact) mass is 230 g/mol. The largest absolute Gasteiger partial charge is 0.297 e. The van der Waals surface area contributed by atoms with E-state index in [0.717, 1.165) is 18.7 Å². The van der Waals surface area contributed by atoms with E-state index in [1.54, 1.807) is 0 Å². The molecule has 3 heteroatoms. The number of carbonyl (C=O) groups is 1. The van der Waals surface area contributed by atoms with Crippen LogP contribution < -0.4 is 0 Å². The van der Waals surface area contributed by atoms with Crippen molar-refractivity contribution in [2.24, 2.45) is 0 Å². The molecule has 0 aromatic heterocycles. The lowest BCUT2D eigenvalue weighted by molar-refractivity contribution is -0.120. The normalized spacial score (nSPS) is 12.1. The van der Waals surface area contributed by atoms with Crippen LogP contribution in [0, 0.1) is 11.3 Å². The molecule has 0 aliphatic rings. The third kappa shape index (κ3) is 3.69. The van der Waals surface area contributed by atoms with Gasteiger partial charge in [-0.25, -0.2) is 0 Å². The second-order valence-electron chi connectivity index (χ2n) is 3.90. The molecule has 0 saturated carbocycles. The van der Waals surface area contributed by atoms with Crippen molar-refractivity contribution in [2.45, 2.75) is 19.8 Å². The fourth-order valence-corrected chi connectivity index (χ4v) is 1.74. The molecule has 17 heavy (non-hydrogen) atoms. The summed E-state index contributed by atoms with van der Waals surface area (Å²) in [6, 6.07) is 11.3. The van der Waals surface area contributed by atoms with Crippen molar-refractivity contribution >= 4 is 5.78 Å². The van der Waals surface area contributed by atoms with Gasteiger partial charge in [-0.05, 0) is 18.7 Å². The lowest BCUT2D eigenvalue weighted by Crippen LogP contribution is -2.32. The first-order valence-electron chi connectivity index (χ1n) is 5.92. The number of Topliss-reactive ketones (excluding diaryl/α,β-unsaturated/α-hetero) is 1. The molecule has 1 aromatic carbocycles. The summed E-state index contributed by atoms with van der Waals surface area (Å²) in [4.78, 5) is 14.1. The highest BCUT2D eigenvalue weighted by Crippen LogP contribution is 2.16. The minimum absolute atomic E-state index is 0.0256. The van der Waals surface area contributed by atoms with Crippen LogP contribution in [0.1, 0.15) is 25.3 Å². The number of hydrogen-bond acceptors (Lipinski definition) is 3. The summed E-state index contributed by atoms with van der Waals surface area (Å²) < 4.78 is 0. The molecule has 0 radical (unpaired) electrons. The van der Waals surface area contributed by atoms with Crippen molar-refractivity contribution in [3.8, 4) is 6.07 Å². The second-order valence-corrected chi connectivity index (χ2v) is 3.90. The molecule has 0 aliphatic heterocycles. The Morgan fingerprint density at radius 3 is 2.35 bits per heavy atom. The average molecular weight is 230 g/mol. The molecule has 0 aliphatic carbocycles. The van der Waals surface area contributed by atoms with Crippen molar-refractivity contribution < 1.29 is 4.79 Å². The Labute approximate surface area is 103 Å². The fraction of sp³-hybridized carbons (Fsp3) is 0.429. The second kappa shape index (κ2) is 6.82. The molecule has 0 amide bonds. The van der Waals surface area contributed by atoms with Crippen molar-refractivity contribution in [1.29, 1.82) is 5.26 Å². The number of benzene rings is 1. The Kier molecular flexibility index (Phi) is 5.38. The van der Waals surface area contributed by atoms with E-state index in [0.29, 0.717) is 6.54 Å². The zero-order valence-corrected chi connectivity index (χ0v) is 10.4. The topological polar surface area (TPSA) is 44.1 Å². The number of hydrogen-bond donors (Lipinski definition) is 0. The zero-order chi connectivity index (χ0) is 12.7. The summed E-state index contributed by atoms with van der Waals surface area (Å²) in [5, 5.41) is 9.12. The molecular weight excluding hydrogens is 212 g/mol. The van der Waals surface area contributed by atoms with Crippen molar-refractivity contribution in [1.82, 2.24) is 4.90 Å². The van der Waals surface area contributed by atoms with Crippen LogP contribution in [0.25, 0.3) is 0 Å². The van der Waals surface area contributed by atoms with Crippen LogP contribution in [-0.2, 0) is 4.79 Å². The molecule has 1 aromatic rings. The summed E-state index contributed by atoms with van der Waals surface area (Å²) in [5.41, 5.74) is 0.784. The van der Waals surface area contributed by atoms with Crippen LogP contribution in [0.5, 0.6) is 0 Å². The predicted octanol–water partition coefficient (Wildman–Crippen LogP) is 2.20. The summed E-state index contributed by atoms with van der Waals surface area (Å²) in [7, 11) is 0. The van der Waals surface area contributed by atoms with Gasteiger partial charge in [-0.15, -0.1) is 0 Å². The van der Waals surface area contributed by atoms with E-state index in [2.05, 4.69) is 6.07 Å². The standard InChI is InChI=1S/C14H18N2O/c1-3-16(4-2)11-14(17)13(10-15)12-8-6-5-7-9-12/h5-9,13H,3-4,11H2,1-2H3. The highest BCUT2D eigenvalue weighted by atomic mass is 16.1. The molecule has 0 fully saturated rings. The maximum Gasteiger partial charge on any atom is 0.168 e. The molecule has 1 rings (SSSR count). The SMILES string of the molecule is CCN(CC)CC(=O)C(C#N)c1ccccc1. The molecule has 3 nitrogen and oxygen atoms in total. The van der Waals surface area contributed by atoms with E-state index in [4.69, 9.17) is 5.26 Å². The lowest BCUT2D eigenvalue weighted by atomic mass is 9.96. The summed E-state index contributed by atoms with van der Waals surface area (Å²) >= 11 is 0. The van der Waals surface area contributed by atoms with Crippen molar-refractivity contribution in [3.63, 3.8) is 0 Å². The van der Waals surface area contributed by atoms with Crippen LogP contribution >= 0.6 is 0 Å². The van der Waals surface area contributed by atoms with E-state index >= 15 is 0 Å². The minimum atomic E-state index is -0.642. The predicted molar refractivity (Wildman–Crippen MR) is 67.6 cm³/mol. The van der Waals surface area contributed by atoms with Gasteiger partial charge in [0.2, 0.25) is 0 Å². The third-order valence-electron chi connectivity index (χ3n) is 2.86. The van der Waals surface area contributed by atoms with Crippen molar-refractivity contribution in [3.05, 3.63) is 35.9 Å². The number of ketones is 1. The lowest BCUT2D eigenvalue weighted by Gasteiger charge is -2.18. The Balaban J connectivity index is 2.76. The Morgan fingerprint density at radius 2 is 1.88 bits per heavy atom. The van der Waals surface area contributed by atoms with Gasteiger partial charge in [-0.3, -0.25) is 9.69 Å². The van der Waals surface area contributed by atoms with Crippen molar-refractivity contribution in [2.75, 3.05) is 19.6 Å². The van der Waals surface area contributed by atoms with Gasteiger partial charge in [0.1, 0.15) is 5.92 Å². The highest BCUT2D eigenvalue weighted by molar-refractivity contribution is 5.90. The van der Waals surface area contributed by atoms with E-state index < -0.39 is 5.92 Å². The van der Waals surface area contributed by atoms with Gasteiger partial charge in [-0.2, -0.15) is 5.26 Å². The number of likely N-dealkylation sites (N-methyl/N-ethyl adjacent to an activating group) is 1. The molecule has 90 valence electrons. The summed E-state index contributed by atoms with van der Waals surface area (Å²) in [5.74, 6) is -0.667. The first-order chi connectivity index (χ1) is 8.22. The molecule has 0 heterocycles. The van der Waals surface area contributed by atoms with E-state index in [-0.39, 0.29) is 5.78 Å². The van der Waals surface area contributed by atoms with E-state index in [9.17, 15) is 4.79 Å². The number of nitriles is 1. The zero-order valence-electron chi connectivity index (χ0n) is 10.4. The van der Waals surface area contributed by atoms with Gasteiger partial charge in [0.15, 0.2) is 5.78 Å². The van der Waals surface area contributed by atoms with Crippen LogP contribution in [0.15, 0.2) is 30.3 Å². The van der Waals surface area contributed by atoms with Gasteiger partial charge in [0, 0.05) is 0 Å². The Morgan fingerprint density at radius 1 is 1.29 bits per heavy atom. The molecule has 0 spiro atoms. The molecule has 0 bridgehead atoms. The molecule has 1 unspecified atom stereocenters. The molecule has 0 N–H and O–H groups in total. The van der Waals surface area contributed by atoms with Crippen LogP contribution in [0.2, 0.25) is 0 Å². The summed E-state index contributed by atoms with van der Waals surface area (Å²) in [6.45, 7) is 6.03. The fourth-order valence-electron chi connectivity index (χ4n) is 1.74. The molecule has 0 saturated heterocycles. The highest BCUT2D eigenvalue weighted by Gasteiger charge is 2.21. The van der Waals surface area contributed by atoms with Crippen LogP contribution in [0.3, 0.4) is 0 Å². The smallest absolute Gasteiger partial charge is 0.168 e. The van der Waals surface area contributed by atoms with Gasteiger partial charge < -0.3 is 0 Å². The average Bonchev–Trinajstić information content (AvgIpc) is 2.38.